The summed E-state index contributed by atoms with van der Waals surface area (Å²) in [5.41, 5.74) is 2.69. The maximum absolute atomic E-state index is 13.2. The van der Waals surface area contributed by atoms with Gasteiger partial charge in [0.1, 0.15) is 17.2 Å². The molecule has 37 heavy (non-hydrogen) atoms. The number of nitrogens with one attached hydrogen (secondary N) is 1. The van der Waals surface area contributed by atoms with Crippen LogP contribution >= 0.6 is 0 Å². The summed E-state index contributed by atoms with van der Waals surface area (Å²) in [5.74, 6) is 2.29. The Morgan fingerprint density at radius 2 is 1.11 bits per heavy atom. The number of carbonyl (C=O) groups excluding carboxylic acids is 2. The molecule has 0 atom stereocenters. The van der Waals surface area contributed by atoms with Crippen molar-refractivity contribution in [2.75, 3.05) is 27.9 Å². The molecular formula is C30H36N2O5. The minimum atomic E-state index is -0.108. The molecular weight excluding hydrogens is 468 g/mol. The van der Waals surface area contributed by atoms with Crippen molar-refractivity contribution in [1.82, 2.24) is 10.2 Å². The quantitative estimate of drug-likeness (QED) is 0.304. The van der Waals surface area contributed by atoms with Gasteiger partial charge in [-0.25, -0.2) is 0 Å². The Labute approximate surface area is 219 Å². The zero-order valence-corrected chi connectivity index (χ0v) is 21.9. The summed E-state index contributed by atoms with van der Waals surface area (Å²) in [6, 6.07) is 22.6. The van der Waals surface area contributed by atoms with Crippen LogP contribution in [-0.2, 0) is 17.9 Å². The van der Waals surface area contributed by atoms with Gasteiger partial charge in [0, 0.05) is 31.6 Å². The second-order valence-electron chi connectivity index (χ2n) is 8.74. The van der Waals surface area contributed by atoms with Gasteiger partial charge in [-0.15, -0.1) is 0 Å². The fourth-order valence-corrected chi connectivity index (χ4v) is 3.92. The molecule has 0 aliphatic heterocycles. The van der Waals surface area contributed by atoms with E-state index >= 15 is 0 Å². The van der Waals surface area contributed by atoms with Crippen LogP contribution in [0.3, 0.4) is 0 Å². The lowest BCUT2D eigenvalue weighted by atomic mass is 10.1. The summed E-state index contributed by atoms with van der Waals surface area (Å²) in [4.78, 5) is 27.3. The number of hydrogen-bond acceptors (Lipinski definition) is 5. The average Bonchev–Trinajstić information content (AvgIpc) is 2.95. The van der Waals surface area contributed by atoms with Gasteiger partial charge in [-0.05, 0) is 72.5 Å². The molecule has 7 heteroatoms. The summed E-state index contributed by atoms with van der Waals surface area (Å²) in [5, 5.41) is 2.94. The fourth-order valence-electron chi connectivity index (χ4n) is 3.92. The number of methoxy groups -OCH3 is 3. The van der Waals surface area contributed by atoms with Crippen molar-refractivity contribution in [3.05, 3.63) is 89.5 Å². The van der Waals surface area contributed by atoms with Gasteiger partial charge in [0.2, 0.25) is 5.91 Å². The van der Waals surface area contributed by atoms with E-state index in [1.165, 1.54) is 0 Å². The Morgan fingerprint density at radius 3 is 1.57 bits per heavy atom. The van der Waals surface area contributed by atoms with Crippen LogP contribution in [0.25, 0.3) is 0 Å². The van der Waals surface area contributed by atoms with Crippen molar-refractivity contribution < 1.29 is 23.8 Å². The van der Waals surface area contributed by atoms with Crippen LogP contribution in [0.15, 0.2) is 72.8 Å². The lowest BCUT2D eigenvalue weighted by molar-refractivity contribution is -0.132. The molecule has 0 radical (unpaired) electrons. The van der Waals surface area contributed by atoms with E-state index in [0.29, 0.717) is 37.4 Å². The van der Waals surface area contributed by atoms with Crippen LogP contribution in [-0.4, -0.2) is 44.6 Å². The first-order chi connectivity index (χ1) is 18.0. The van der Waals surface area contributed by atoms with E-state index < -0.39 is 0 Å². The SMILES string of the molecule is COc1ccc(CN(Cc2ccc(OC)cc2)C(=O)CCCCCNC(=O)c2ccc(OC)cc2)cc1. The number of amides is 2. The summed E-state index contributed by atoms with van der Waals surface area (Å²) in [6.07, 6.45) is 2.89. The third-order valence-electron chi connectivity index (χ3n) is 6.12. The smallest absolute Gasteiger partial charge is 0.251 e. The number of carbonyl (C=O) groups is 2. The second-order valence-corrected chi connectivity index (χ2v) is 8.74. The Hall–Kier alpha value is -4.00. The standard InChI is InChI=1S/C30H36N2O5/c1-35-26-14-8-23(9-15-26)21-32(22-24-10-16-27(36-2)17-11-24)29(33)7-5-4-6-20-31-30(34)25-12-18-28(37-3)19-13-25/h8-19H,4-7,20-22H2,1-3H3,(H,31,34). The van der Waals surface area contributed by atoms with Gasteiger partial charge in [0.05, 0.1) is 21.3 Å². The predicted octanol–water partition coefficient (Wildman–Crippen LogP) is 5.23. The van der Waals surface area contributed by atoms with E-state index in [1.807, 2.05) is 53.4 Å². The van der Waals surface area contributed by atoms with E-state index in [9.17, 15) is 9.59 Å². The molecule has 0 aliphatic rings. The number of rotatable bonds is 14. The van der Waals surface area contributed by atoms with E-state index in [2.05, 4.69) is 5.32 Å². The maximum Gasteiger partial charge on any atom is 0.251 e. The molecule has 0 bridgehead atoms. The van der Waals surface area contributed by atoms with E-state index in [0.717, 1.165) is 41.9 Å². The summed E-state index contributed by atoms with van der Waals surface area (Å²) in [7, 11) is 4.87. The molecule has 0 spiro atoms. The zero-order chi connectivity index (χ0) is 26.5. The molecule has 3 aromatic rings. The van der Waals surface area contributed by atoms with E-state index in [4.69, 9.17) is 14.2 Å². The van der Waals surface area contributed by atoms with Crippen molar-refractivity contribution in [2.45, 2.75) is 38.8 Å². The van der Waals surface area contributed by atoms with Gasteiger partial charge in [-0.3, -0.25) is 9.59 Å². The highest BCUT2D eigenvalue weighted by Crippen LogP contribution is 2.18. The summed E-state index contributed by atoms with van der Waals surface area (Å²) in [6.45, 7) is 1.61. The highest BCUT2D eigenvalue weighted by atomic mass is 16.5. The Morgan fingerprint density at radius 1 is 0.649 bits per heavy atom. The first-order valence-electron chi connectivity index (χ1n) is 12.5. The van der Waals surface area contributed by atoms with Crippen LogP contribution in [0.5, 0.6) is 17.2 Å². The van der Waals surface area contributed by atoms with Gasteiger partial charge < -0.3 is 24.4 Å². The van der Waals surface area contributed by atoms with Gasteiger partial charge >= 0.3 is 0 Å². The molecule has 196 valence electrons. The minimum absolute atomic E-state index is 0.105. The van der Waals surface area contributed by atoms with Crippen LogP contribution in [0, 0.1) is 0 Å². The van der Waals surface area contributed by atoms with Crippen LogP contribution in [0.1, 0.15) is 47.2 Å². The van der Waals surface area contributed by atoms with Gasteiger partial charge in [-0.2, -0.15) is 0 Å². The molecule has 0 saturated carbocycles. The van der Waals surface area contributed by atoms with E-state index in [1.54, 1.807) is 45.6 Å². The molecule has 3 rings (SSSR count). The average molecular weight is 505 g/mol. The first kappa shape index (κ1) is 27.6. The van der Waals surface area contributed by atoms with Gasteiger partial charge in [0.15, 0.2) is 0 Å². The lowest BCUT2D eigenvalue weighted by Crippen LogP contribution is -2.30. The molecule has 1 N–H and O–H groups in total. The first-order valence-corrected chi connectivity index (χ1v) is 12.5. The molecule has 0 heterocycles. The topological polar surface area (TPSA) is 77.1 Å². The molecule has 3 aromatic carbocycles. The minimum Gasteiger partial charge on any atom is -0.497 e. The van der Waals surface area contributed by atoms with Crippen LogP contribution in [0.4, 0.5) is 0 Å². The Kier molecular flexibility index (Phi) is 10.8. The number of ether oxygens (including phenoxy) is 3. The highest BCUT2D eigenvalue weighted by Gasteiger charge is 2.15. The normalized spacial score (nSPS) is 10.5. The fraction of sp³-hybridized carbons (Fsp3) is 0.333. The summed E-state index contributed by atoms with van der Waals surface area (Å²) < 4.78 is 15.6. The molecule has 0 aromatic heterocycles. The van der Waals surface area contributed by atoms with Crippen LogP contribution in [0.2, 0.25) is 0 Å². The molecule has 0 saturated heterocycles. The maximum atomic E-state index is 13.2. The molecule has 2 amide bonds. The van der Waals surface area contributed by atoms with Crippen molar-refractivity contribution >= 4 is 11.8 Å². The second kappa shape index (κ2) is 14.5. The van der Waals surface area contributed by atoms with Crippen LogP contribution < -0.4 is 19.5 Å². The highest BCUT2D eigenvalue weighted by molar-refractivity contribution is 5.94. The van der Waals surface area contributed by atoms with Gasteiger partial charge in [0.25, 0.3) is 5.91 Å². The predicted molar refractivity (Wildman–Crippen MR) is 144 cm³/mol. The van der Waals surface area contributed by atoms with E-state index in [-0.39, 0.29) is 11.8 Å². The van der Waals surface area contributed by atoms with Crippen molar-refractivity contribution in [3.8, 4) is 17.2 Å². The van der Waals surface area contributed by atoms with Gasteiger partial charge in [-0.1, -0.05) is 30.7 Å². The van der Waals surface area contributed by atoms with Crippen molar-refractivity contribution in [3.63, 3.8) is 0 Å². The monoisotopic (exact) mass is 504 g/mol. The third-order valence-corrected chi connectivity index (χ3v) is 6.12. The molecule has 0 unspecified atom stereocenters. The zero-order valence-electron chi connectivity index (χ0n) is 21.9. The van der Waals surface area contributed by atoms with Crippen molar-refractivity contribution in [2.24, 2.45) is 0 Å². The van der Waals surface area contributed by atoms with Crippen molar-refractivity contribution in [1.29, 1.82) is 0 Å². The number of benzene rings is 3. The number of nitrogens with zero attached hydrogens (tertiary/aromatic N) is 1. The Bertz CT molecular complexity index is 1060. The molecule has 7 nitrogen and oxygen atoms in total. The molecule has 0 aliphatic carbocycles. The third kappa shape index (κ3) is 8.86. The number of hydrogen-bond donors (Lipinski definition) is 1. The Balaban J connectivity index is 1.48. The number of unbranched alkanes of at least 4 members (excludes halogenated alkanes) is 2. The largest absolute Gasteiger partial charge is 0.497 e. The summed E-state index contributed by atoms with van der Waals surface area (Å²) >= 11 is 0. The lowest BCUT2D eigenvalue weighted by Gasteiger charge is -2.23. The molecule has 0 fully saturated rings.